The maximum atomic E-state index is 9.33. The lowest BCUT2D eigenvalue weighted by atomic mass is 11.1. The summed E-state index contributed by atoms with van der Waals surface area (Å²) in [5.41, 5.74) is 0. The van der Waals surface area contributed by atoms with Crippen LogP contribution in [-0.4, -0.2) is 23.2 Å². The largest absolute Gasteiger partial charge is 0.465 e. The normalized spacial score (nSPS) is 7.43. The minimum Gasteiger partial charge on any atom is -0.465 e. The van der Waals surface area contributed by atoms with E-state index < -0.39 is 0 Å². The van der Waals surface area contributed by atoms with Gasteiger partial charge in [-0.05, 0) is 0 Å². The molecule has 0 aromatic heterocycles. The van der Waals surface area contributed by atoms with E-state index >= 15 is 0 Å². The van der Waals surface area contributed by atoms with E-state index in [2.05, 4.69) is 9.16 Å². The van der Waals surface area contributed by atoms with Gasteiger partial charge in [0, 0.05) is 0 Å². The van der Waals surface area contributed by atoms with Crippen LogP contribution in [0, 0.1) is 0 Å². The highest BCUT2D eigenvalue weighted by Crippen LogP contribution is 1.68. The summed E-state index contributed by atoms with van der Waals surface area (Å²) in [6, 6.07) is 0. The second-order valence-electron chi connectivity index (χ2n) is 0.809. The van der Waals surface area contributed by atoms with Gasteiger partial charge in [0.2, 0.25) is 0 Å². The zero-order chi connectivity index (χ0) is 5.54. The Kier molecular flexibility index (Phi) is 4.98. The van der Waals surface area contributed by atoms with Crippen molar-refractivity contribution in [3.8, 4) is 0 Å². The van der Waals surface area contributed by atoms with E-state index in [1.807, 2.05) is 0 Å². The monoisotopic (exact) mass is 118 g/mol. The van der Waals surface area contributed by atoms with Crippen molar-refractivity contribution in [3.05, 3.63) is 6.26 Å². The molecule has 40 valence electrons. The highest BCUT2D eigenvalue weighted by atomic mass is 28.2. The summed E-state index contributed by atoms with van der Waals surface area (Å²) in [5, 5.41) is 0. The van der Waals surface area contributed by atoms with Gasteiger partial charge < -0.3 is 9.16 Å². The van der Waals surface area contributed by atoms with Crippen molar-refractivity contribution < 1.29 is 14.0 Å². The van der Waals surface area contributed by atoms with Gasteiger partial charge >= 0.3 is 0 Å². The number of hydrogen-bond acceptors (Lipinski definition) is 3. The van der Waals surface area contributed by atoms with Crippen LogP contribution in [0.15, 0.2) is 6.26 Å². The topological polar surface area (TPSA) is 35.5 Å². The van der Waals surface area contributed by atoms with E-state index in [1.54, 1.807) is 0 Å². The molecule has 3 nitrogen and oxygen atoms in total. The molecule has 0 aromatic rings. The SMILES string of the molecule is O=C=COCO[SiH3]. The minimum absolute atomic E-state index is 0.168. The summed E-state index contributed by atoms with van der Waals surface area (Å²) in [5.74, 6) is 1.44. The summed E-state index contributed by atoms with van der Waals surface area (Å²) in [6.45, 7) is 0.168. The Morgan fingerprint density at radius 1 is 1.86 bits per heavy atom. The first-order valence-corrected chi connectivity index (χ1v) is 2.53. The lowest BCUT2D eigenvalue weighted by molar-refractivity contribution is 0.0899. The first kappa shape index (κ1) is 6.43. The van der Waals surface area contributed by atoms with Gasteiger partial charge in [0.05, 0.1) is 0 Å². The first-order valence-electron chi connectivity index (χ1n) is 1.71. The van der Waals surface area contributed by atoms with Crippen molar-refractivity contribution in [3.63, 3.8) is 0 Å². The Hall–Kier alpha value is -0.573. The molecule has 0 amide bonds. The van der Waals surface area contributed by atoms with Crippen LogP contribution in [0.2, 0.25) is 0 Å². The third-order valence-electron chi connectivity index (χ3n) is 0.317. The average molecular weight is 118 g/mol. The molecule has 0 aromatic carbocycles. The van der Waals surface area contributed by atoms with Crippen molar-refractivity contribution >= 4 is 16.4 Å². The number of ether oxygens (including phenoxy) is 1. The number of carbonyl (C=O) groups excluding carboxylic acids is 1. The Morgan fingerprint density at radius 3 is 3.00 bits per heavy atom. The molecule has 0 atom stereocenters. The predicted octanol–water partition coefficient (Wildman–Crippen LogP) is -1.40. The van der Waals surface area contributed by atoms with E-state index in [4.69, 9.17) is 0 Å². The zero-order valence-corrected chi connectivity index (χ0v) is 6.01. The highest BCUT2D eigenvalue weighted by Gasteiger charge is 1.68. The van der Waals surface area contributed by atoms with Crippen LogP contribution in [0.3, 0.4) is 0 Å². The van der Waals surface area contributed by atoms with Crippen LogP contribution in [-0.2, 0) is 14.0 Å². The molecule has 0 saturated heterocycles. The molecular formula is C3H6O3Si. The summed E-state index contributed by atoms with van der Waals surface area (Å²) in [7, 11) is 0.631. The predicted molar refractivity (Wildman–Crippen MR) is 27.2 cm³/mol. The molecule has 0 saturated carbocycles. The van der Waals surface area contributed by atoms with Crippen molar-refractivity contribution in [1.82, 2.24) is 0 Å². The highest BCUT2D eigenvalue weighted by molar-refractivity contribution is 5.97. The van der Waals surface area contributed by atoms with Crippen LogP contribution >= 0.6 is 0 Å². The molecule has 0 unspecified atom stereocenters. The second-order valence-corrected chi connectivity index (χ2v) is 1.39. The molecule has 0 N–H and O–H groups in total. The van der Waals surface area contributed by atoms with Gasteiger partial charge in [-0.15, -0.1) is 0 Å². The van der Waals surface area contributed by atoms with Gasteiger partial charge in [0.15, 0.2) is 19.0 Å². The lowest BCUT2D eigenvalue weighted by Crippen LogP contribution is -1.89. The Labute approximate surface area is 44.5 Å². The van der Waals surface area contributed by atoms with Crippen LogP contribution < -0.4 is 0 Å². The van der Waals surface area contributed by atoms with Crippen molar-refractivity contribution in [2.45, 2.75) is 0 Å². The number of rotatable bonds is 3. The Bertz CT molecular complexity index is 76.2. The van der Waals surface area contributed by atoms with Crippen molar-refractivity contribution in [2.24, 2.45) is 0 Å². The Morgan fingerprint density at radius 2 is 2.57 bits per heavy atom. The molecule has 0 fully saturated rings. The zero-order valence-electron chi connectivity index (χ0n) is 4.01. The minimum atomic E-state index is 0.168. The molecule has 0 bridgehead atoms. The molecule has 7 heavy (non-hydrogen) atoms. The van der Waals surface area contributed by atoms with Gasteiger partial charge in [-0.25, -0.2) is 4.79 Å². The van der Waals surface area contributed by atoms with E-state index in [-0.39, 0.29) is 6.79 Å². The molecule has 0 heterocycles. The fourth-order valence-corrected chi connectivity index (χ4v) is 0.272. The first-order chi connectivity index (χ1) is 3.41. The second kappa shape index (κ2) is 5.43. The smallest absolute Gasteiger partial charge is 0.179 e. The quantitative estimate of drug-likeness (QED) is 0.150. The maximum absolute atomic E-state index is 9.33. The van der Waals surface area contributed by atoms with E-state index in [0.717, 1.165) is 6.26 Å². The summed E-state index contributed by atoms with van der Waals surface area (Å²) < 4.78 is 8.95. The fourth-order valence-electron chi connectivity index (χ4n) is 0.136. The standard InChI is InChI=1S/C3H6O3Si/c4-1-2-5-3-6-7/h2H,3H2,7H3. The maximum Gasteiger partial charge on any atom is 0.179 e. The van der Waals surface area contributed by atoms with E-state index in [1.165, 1.54) is 5.94 Å². The Balaban J connectivity index is 2.83. The summed E-state index contributed by atoms with van der Waals surface area (Å²) in [4.78, 5) is 9.33. The summed E-state index contributed by atoms with van der Waals surface area (Å²) >= 11 is 0. The molecule has 0 aliphatic heterocycles. The van der Waals surface area contributed by atoms with Crippen molar-refractivity contribution in [1.29, 1.82) is 0 Å². The van der Waals surface area contributed by atoms with Crippen LogP contribution in [0.4, 0.5) is 0 Å². The van der Waals surface area contributed by atoms with Gasteiger partial charge in [-0.1, -0.05) is 0 Å². The average Bonchev–Trinajstić information content (AvgIpc) is 1.69. The lowest BCUT2D eigenvalue weighted by Gasteiger charge is -1.91. The molecular weight excluding hydrogens is 112 g/mol. The molecule has 0 spiro atoms. The van der Waals surface area contributed by atoms with Gasteiger partial charge in [0.25, 0.3) is 0 Å². The third kappa shape index (κ3) is 5.43. The molecule has 0 radical (unpaired) electrons. The van der Waals surface area contributed by atoms with Crippen molar-refractivity contribution in [2.75, 3.05) is 6.79 Å². The van der Waals surface area contributed by atoms with Gasteiger partial charge in [-0.3, -0.25) is 0 Å². The molecule has 0 aliphatic carbocycles. The van der Waals surface area contributed by atoms with Crippen LogP contribution in [0.5, 0.6) is 0 Å². The van der Waals surface area contributed by atoms with Gasteiger partial charge in [0.1, 0.15) is 10.5 Å². The molecule has 4 heteroatoms. The van der Waals surface area contributed by atoms with Crippen LogP contribution in [0.1, 0.15) is 0 Å². The van der Waals surface area contributed by atoms with Gasteiger partial charge in [-0.2, -0.15) is 0 Å². The molecule has 0 rings (SSSR count). The fraction of sp³-hybridized carbons (Fsp3) is 0.333. The third-order valence-corrected chi connectivity index (χ3v) is 0.553. The molecule has 0 aliphatic rings. The van der Waals surface area contributed by atoms with E-state index in [9.17, 15) is 4.79 Å². The van der Waals surface area contributed by atoms with Crippen LogP contribution in [0.25, 0.3) is 0 Å². The van der Waals surface area contributed by atoms with E-state index in [0.29, 0.717) is 10.5 Å². The summed E-state index contributed by atoms with van der Waals surface area (Å²) in [6.07, 6.45) is 0.928. The number of hydrogen-bond donors (Lipinski definition) is 0.